The molecule has 26 heavy (non-hydrogen) atoms. The molecule has 7 heteroatoms. The fraction of sp³-hybridized carbons (Fsp3) is 0.105. The predicted molar refractivity (Wildman–Crippen MR) is 103 cm³/mol. The first-order valence-electron chi connectivity index (χ1n) is 7.80. The minimum absolute atomic E-state index is 0.332. The lowest BCUT2D eigenvalue weighted by molar-refractivity contribution is 0.394. The number of nitrogens with zero attached hydrogens (tertiary/aromatic N) is 3. The lowest BCUT2D eigenvalue weighted by Crippen LogP contribution is -1.98. The first-order chi connectivity index (χ1) is 12.7. The van der Waals surface area contributed by atoms with Crippen LogP contribution in [-0.4, -0.2) is 30.4 Å². The Bertz CT molecular complexity index is 917. The quantitative estimate of drug-likeness (QED) is 0.400. The fourth-order valence-corrected chi connectivity index (χ4v) is 2.47. The van der Waals surface area contributed by atoms with Gasteiger partial charge >= 0.3 is 0 Å². The second kappa shape index (κ2) is 8.31. The second-order valence-corrected chi connectivity index (χ2v) is 5.63. The molecule has 0 unspecified atom stereocenters. The lowest BCUT2D eigenvalue weighted by atomic mass is 10.2. The van der Waals surface area contributed by atoms with Crippen LogP contribution < -0.4 is 14.9 Å². The number of benzene rings is 2. The molecule has 2 aromatic carbocycles. The summed E-state index contributed by atoms with van der Waals surface area (Å²) in [6, 6.07) is 16.7. The highest BCUT2D eigenvalue weighted by atomic mass is 35.5. The van der Waals surface area contributed by atoms with Gasteiger partial charge in [0.05, 0.1) is 20.4 Å². The molecule has 0 aliphatic rings. The number of aromatic nitrogens is 2. The number of ether oxygens (including phenoxy) is 2. The van der Waals surface area contributed by atoms with Crippen molar-refractivity contribution < 1.29 is 9.47 Å². The van der Waals surface area contributed by atoms with E-state index in [-0.39, 0.29) is 0 Å². The van der Waals surface area contributed by atoms with Crippen LogP contribution in [0.1, 0.15) is 5.56 Å². The van der Waals surface area contributed by atoms with Gasteiger partial charge in [-0.3, -0.25) is 5.43 Å². The van der Waals surface area contributed by atoms with Crippen LogP contribution in [0.4, 0.5) is 5.82 Å². The summed E-state index contributed by atoms with van der Waals surface area (Å²) in [4.78, 5) is 8.68. The van der Waals surface area contributed by atoms with E-state index in [1.54, 1.807) is 32.6 Å². The number of halogens is 1. The highest BCUT2D eigenvalue weighted by molar-refractivity contribution is 6.29. The predicted octanol–water partition coefficient (Wildman–Crippen LogP) is 4.26. The topological polar surface area (TPSA) is 68.6 Å². The van der Waals surface area contributed by atoms with E-state index in [4.69, 9.17) is 21.1 Å². The van der Waals surface area contributed by atoms with E-state index in [0.29, 0.717) is 28.3 Å². The third-order valence-corrected chi connectivity index (χ3v) is 3.74. The van der Waals surface area contributed by atoms with Gasteiger partial charge in [-0.1, -0.05) is 41.9 Å². The molecule has 1 heterocycles. The first-order valence-corrected chi connectivity index (χ1v) is 8.18. The van der Waals surface area contributed by atoms with Gasteiger partial charge < -0.3 is 9.47 Å². The molecular weight excluding hydrogens is 352 g/mol. The maximum atomic E-state index is 6.10. The van der Waals surface area contributed by atoms with Gasteiger partial charge in [-0.05, 0) is 12.1 Å². The van der Waals surface area contributed by atoms with E-state index in [0.717, 1.165) is 11.1 Å². The molecule has 6 nitrogen and oxygen atoms in total. The molecule has 0 bridgehead atoms. The molecule has 0 aliphatic heterocycles. The van der Waals surface area contributed by atoms with Gasteiger partial charge in [0, 0.05) is 23.3 Å². The molecule has 0 radical (unpaired) electrons. The van der Waals surface area contributed by atoms with Crippen molar-refractivity contribution in [3.8, 4) is 22.9 Å². The van der Waals surface area contributed by atoms with Gasteiger partial charge in [0.1, 0.15) is 16.7 Å². The Morgan fingerprint density at radius 1 is 1.00 bits per heavy atom. The number of anilines is 1. The molecule has 0 aliphatic carbocycles. The molecular formula is C19H17ClN4O2. The Hall–Kier alpha value is -3.12. The van der Waals surface area contributed by atoms with E-state index < -0.39 is 0 Å². The van der Waals surface area contributed by atoms with Crippen molar-refractivity contribution >= 4 is 23.6 Å². The average Bonchev–Trinajstić information content (AvgIpc) is 2.68. The minimum Gasteiger partial charge on any atom is -0.497 e. The van der Waals surface area contributed by atoms with Crippen molar-refractivity contribution in [3.05, 3.63) is 65.3 Å². The van der Waals surface area contributed by atoms with Crippen LogP contribution in [0.2, 0.25) is 5.15 Å². The van der Waals surface area contributed by atoms with Gasteiger partial charge in [0.25, 0.3) is 0 Å². The molecule has 1 aromatic heterocycles. The SMILES string of the molecule is COc1ccc(/C=N\Nc2cc(Cl)nc(-c3ccccc3)n2)c(OC)c1. The van der Waals surface area contributed by atoms with Crippen LogP contribution in [0.15, 0.2) is 59.7 Å². The van der Waals surface area contributed by atoms with Gasteiger partial charge in [0.15, 0.2) is 11.6 Å². The van der Waals surface area contributed by atoms with E-state index in [1.807, 2.05) is 42.5 Å². The Morgan fingerprint density at radius 2 is 1.81 bits per heavy atom. The van der Waals surface area contributed by atoms with E-state index in [9.17, 15) is 0 Å². The molecule has 0 amide bonds. The number of hydrazone groups is 1. The molecule has 3 aromatic rings. The smallest absolute Gasteiger partial charge is 0.163 e. The van der Waals surface area contributed by atoms with Crippen molar-refractivity contribution in [3.63, 3.8) is 0 Å². The molecule has 0 atom stereocenters. The number of hydrogen-bond donors (Lipinski definition) is 1. The summed E-state index contributed by atoms with van der Waals surface area (Å²) >= 11 is 6.10. The van der Waals surface area contributed by atoms with Crippen LogP contribution in [0.3, 0.4) is 0 Å². The maximum Gasteiger partial charge on any atom is 0.163 e. The van der Waals surface area contributed by atoms with E-state index in [2.05, 4.69) is 20.5 Å². The Morgan fingerprint density at radius 3 is 2.54 bits per heavy atom. The molecule has 0 spiro atoms. The molecule has 132 valence electrons. The molecule has 1 N–H and O–H groups in total. The van der Waals surface area contributed by atoms with Crippen LogP contribution in [0, 0.1) is 0 Å². The number of hydrogen-bond acceptors (Lipinski definition) is 6. The summed E-state index contributed by atoms with van der Waals surface area (Å²) in [5.74, 6) is 2.38. The van der Waals surface area contributed by atoms with Crippen molar-refractivity contribution in [2.45, 2.75) is 0 Å². The summed E-state index contributed by atoms with van der Waals surface area (Å²) in [5, 5.41) is 4.54. The summed E-state index contributed by atoms with van der Waals surface area (Å²) in [6.07, 6.45) is 1.64. The molecule has 0 saturated carbocycles. The van der Waals surface area contributed by atoms with Crippen LogP contribution in [-0.2, 0) is 0 Å². The summed E-state index contributed by atoms with van der Waals surface area (Å²) in [6.45, 7) is 0. The largest absolute Gasteiger partial charge is 0.497 e. The molecule has 3 rings (SSSR count). The van der Waals surface area contributed by atoms with E-state index >= 15 is 0 Å². The summed E-state index contributed by atoms with van der Waals surface area (Å²) in [5.41, 5.74) is 4.54. The van der Waals surface area contributed by atoms with Crippen LogP contribution in [0.25, 0.3) is 11.4 Å². The van der Waals surface area contributed by atoms with Gasteiger partial charge in [-0.15, -0.1) is 0 Å². The van der Waals surface area contributed by atoms with Crippen molar-refractivity contribution in [1.82, 2.24) is 9.97 Å². The van der Waals surface area contributed by atoms with Gasteiger partial charge in [0.2, 0.25) is 0 Å². The zero-order valence-electron chi connectivity index (χ0n) is 14.3. The normalized spacial score (nSPS) is 10.7. The number of methoxy groups -OCH3 is 2. The molecule has 0 saturated heterocycles. The Kier molecular flexibility index (Phi) is 5.66. The standard InChI is InChI=1S/C19H17ClN4O2/c1-25-15-9-8-14(16(10-15)26-2)12-21-24-18-11-17(20)22-19(23-18)13-6-4-3-5-7-13/h3-12H,1-2H3,(H,22,23,24)/b21-12-. The maximum absolute atomic E-state index is 6.10. The van der Waals surface area contributed by atoms with Gasteiger partial charge in [-0.25, -0.2) is 9.97 Å². The summed E-state index contributed by atoms with van der Waals surface area (Å²) in [7, 11) is 3.20. The number of nitrogens with one attached hydrogen (secondary N) is 1. The van der Waals surface area contributed by atoms with Crippen molar-refractivity contribution in [2.75, 3.05) is 19.6 Å². The zero-order valence-corrected chi connectivity index (χ0v) is 15.1. The second-order valence-electron chi connectivity index (χ2n) is 5.24. The summed E-state index contributed by atoms with van der Waals surface area (Å²) < 4.78 is 10.5. The highest BCUT2D eigenvalue weighted by Gasteiger charge is 2.06. The van der Waals surface area contributed by atoms with Crippen molar-refractivity contribution in [1.29, 1.82) is 0 Å². The molecule has 0 fully saturated rings. The van der Waals surface area contributed by atoms with Gasteiger partial charge in [-0.2, -0.15) is 5.10 Å². The monoisotopic (exact) mass is 368 g/mol. The lowest BCUT2D eigenvalue weighted by Gasteiger charge is -2.07. The fourth-order valence-electron chi connectivity index (χ4n) is 2.28. The number of rotatable bonds is 6. The first kappa shape index (κ1) is 17.7. The Labute approximate surface area is 156 Å². The highest BCUT2D eigenvalue weighted by Crippen LogP contribution is 2.23. The van der Waals surface area contributed by atoms with Crippen molar-refractivity contribution in [2.24, 2.45) is 5.10 Å². The zero-order chi connectivity index (χ0) is 18.4. The van der Waals surface area contributed by atoms with Crippen LogP contribution >= 0.6 is 11.6 Å². The van der Waals surface area contributed by atoms with E-state index in [1.165, 1.54) is 0 Å². The third-order valence-electron chi connectivity index (χ3n) is 3.55. The minimum atomic E-state index is 0.332. The third kappa shape index (κ3) is 4.29. The average molecular weight is 369 g/mol. The Balaban J connectivity index is 1.80. The van der Waals surface area contributed by atoms with Crippen LogP contribution in [0.5, 0.6) is 11.5 Å².